The van der Waals surface area contributed by atoms with Crippen LogP contribution in [0.1, 0.15) is 11.3 Å². The second kappa shape index (κ2) is 2.99. The first-order chi connectivity index (χ1) is 5.77. The molecular formula is C7H8BrN3O. The smallest absolute Gasteiger partial charge is 0.198 e. The fraction of sp³-hybridized carbons (Fsp3) is 0.429. The van der Waals surface area contributed by atoms with Crippen molar-refractivity contribution in [2.75, 3.05) is 12.3 Å². The Kier molecular flexibility index (Phi) is 1.98. The van der Waals surface area contributed by atoms with E-state index in [1.807, 2.05) is 0 Å². The monoisotopic (exact) mass is 229 g/mol. The van der Waals surface area contributed by atoms with Crippen LogP contribution in [0.15, 0.2) is 4.73 Å². The number of rotatable bonds is 0. The second-order valence-corrected chi connectivity index (χ2v) is 3.31. The Morgan fingerprint density at radius 2 is 2.25 bits per heavy atom. The van der Waals surface area contributed by atoms with Crippen molar-refractivity contribution in [3.05, 3.63) is 16.0 Å². The number of hydrogen-bond donors (Lipinski definition) is 1. The molecule has 1 aromatic heterocycles. The van der Waals surface area contributed by atoms with Gasteiger partial charge >= 0.3 is 0 Å². The van der Waals surface area contributed by atoms with E-state index in [0.29, 0.717) is 23.8 Å². The Morgan fingerprint density at radius 3 is 3.08 bits per heavy atom. The minimum Gasteiger partial charge on any atom is -0.383 e. The third-order valence-electron chi connectivity index (χ3n) is 1.83. The molecule has 1 aliphatic rings. The molecule has 0 bridgehead atoms. The highest BCUT2D eigenvalue weighted by atomic mass is 79.9. The molecular weight excluding hydrogens is 222 g/mol. The molecule has 1 aliphatic heterocycles. The summed E-state index contributed by atoms with van der Waals surface area (Å²) in [6.45, 7) is 1.25. The Hall–Kier alpha value is -0.680. The first kappa shape index (κ1) is 7.94. The Bertz CT molecular complexity index is 316. The number of anilines is 1. The lowest BCUT2D eigenvalue weighted by molar-refractivity contribution is 0.107. The van der Waals surface area contributed by atoms with Crippen LogP contribution in [0.4, 0.5) is 5.82 Å². The van der Waals surface area contributed by atoms with Gasteiger partial charge in [0.15, 0.2) is 4.73 Å². The third-order valence-corrected chi connectivity index (χ3v) is 2.19. The lowest BCUT2D eigenvalue weighted by Gasteiger charge is -2.16. The van der Waals surface area contributed by atoms with Gasteiger partial charge in [0, 0.05) is 12.0 Å². The highest BCUT2D eigenvalue weighted by Gasteiger charge is 2.15. The molecule has 2 N–H and O–H groups in total. The van der Waals surface area contributed by atoms with Crippen LogP contribution in [0, 0.1) is 0 Å². The fourth-order valence-corrected chi connectivity index (χ4v) is 1.66. The van der Waals surface area contributed by atoms with E-state index in [2.05, 4.69) is 25.9 Å². The molecule has 0 saturated carbocycles. The van der Waals surface area contributed by atoms with Gasteiger partial charge in [0.1, 0.15) is 5.82 Å². The number of fused-ring (bicyclic) bond motifs is 1. The number of nitrogens with zero attached hydrogens (tertiary/aromatic N) is 2. The highest BCUT2D eigenvalue weighted by Crippen LogP contribution is 2.21. The van der Waals surface area contributed by atoms with Crippen molar-refractivity contribution in [3.63, 3.8) is 0 Å². The molecule has 0 radical (unpaired) electrons. The summed E-state index contributed by atoms with van der Waals surface area (Å²) in [6, 6.07) is 0. The normalized spacial score (nSPS) is 15.8. The van der Waals surface area contributed by atoms with Crippen LogP contribution in [0.25, 0.3) is 0 Å². The number of ether oxygens (including phenoxy) is 1. The van der Waals surface area contributed by atoms with Crippen LogP contribution >= 0.6 is 15.9 Å². The number of nitrogens with two attached hydrogens (primary N) is 1. The van der Waals surface area contributed by atoms with Gasteiger partial charge in [0.05, 0.1) is 18.9 Å². The quantitative estimate of drug-likeness (QED) is 0.672. The van der Waals surface area contributed by atoms with Gasteiger partial charge in [-0.15, -0.1) is 0 Å². The first-order valence-corrected chi connectivity index (χ1v) is 4.45. The maximum absolute atomic E-state index is 5.71. The van der Waals surface area contributed by atoms with E-state index in [0.717, 1.165) is 17.7 Å². The topological polar surface area (TPSA) is 61.0 Å². The molecule has 2 heterocycles. The lowest BCUT2D eigenvalue weighted by atomic mass is 10.1. The van der Waals surface area contributed by atoms with E-state index in [9.17, 15) is 0 Å². The van der Waals surface area contributed by atoms with E-state index in [-0.39, 0.29) is 0 Å². The summed E-state index contributed by atoms with van der Waals surface area (Å²) >= 11 is 3.18. The molecule has 0 amide bonds. The van der Waals surface area contributed by atoms with Crippen molar-refractivity contribution < 1.29 is 4.74 Å². The summed E-state index contributed by atoms with van der Waals surface area (Å²) in [6.07, 6.45) is 0.814. The van der Waals surface area contributed by atoms with Crippen molar-refractivity contribution in [2.24, 2.45) is 0 Å². The molecule has 12 heavy (non-hydrogen) atoms. The van der Waals surface area contributed by atoms with Gasteiger partial charge in [0.2, 0.25) is 0 Å². The van der Waals surface area contributed by atoms with E-state index >= 15 is 0 Å². The van der Waals surface area contributed by atoms with Crippen molar-refractivity contribution in [2.45, 2.75) is 13.0 Å². The summed E-state index contributed by atoms with van der Waals surface area (Å²) in [4.78, 5) is 8.19. The molecule has 4 nitrogen and oxygen atoms in total. The minimum absolute atomic E-state index is 0.532. The van der Waals surface area contributed by atoms with Gasteiger partial charge in [0.25, 0.3) is 0 Å². The molecule has 1 aromatic rings. The van der Waals surface area contributed by atoms with E-state index < -0.39 is 0 Å². The van der Waals surface area contributed by atoms with Crippen LogP contribution in [0.5, 0.6) is 0 Å². The van der Waals surface area contributed by atoms with Gasteiger partial charge in [-0.3, -0.25) is 0 Å². The van der Waals surface area contributed by atoms with Crippen LogP contribution < -0.4 is 5.73 Å². The van der Waals surface area contributed by atoms with Crippen LogP contribution in [0.2, 0.25) is 0 Å². The molecule has 0 atom stereocenters. The number of hydrogen-bond acceptors (Lipinski definition) is 4. The Labute approximate surface area is 78.3 Å². The fourth-order valence-electron chi connectivity index (χ4n) is 1.25. The lowest BCUT2D eigenvalue weighted by Crippen LogP contribution is -2.15. The van der Waals surface area contributed by atoms with E-state index in [4.69, 9.17) is 10.5 Å². The molecule has 5 heteroatoms. The molecule has 0 spiro atoms. The van der Waals surface area contributed by atoms with E-state index in [1.54, 1.807) is 0 Å². The predicted octanol–water partition coefficient (Wildman–Crippen LogP) is 0.894. The van der Waals surface area contributed by atoms with Crippen LogP contribution in [-0.2, 0) is 17.8 Å². The van der Waals surface area contributed by atoms with Crippen molar-refractivity contribution >= 4 is 21.7 Å². The van der Waals surface area contributed by atoms with E-state index in [1.165, 1.54) is 0 Å². The van der Waals surface area contributed by atoms with Crippen molar-refractivity contribution in [1.82, 2.24) is 9.97 Å². The number of aromatic nitrogens is 2. The average Bonchev–Trinajstić information content (AvgIpc) is 2.04. The van der Waals surface area contributed by atoms with Crippen molar-refractivity contribution in [3.8, 4) is 0 Å². The second-order valence-electron chi connectivity index (χ2n) is 2.61. The Balaban J connectivity index is 2.53. The molecule has 0 aliphatic carbocycles. The summed E-state index contributed by atoms with van der Waals surface area (Å²) in [7, 11) is 0. The molecule has 2 rings (SSSR count). The third kappa shape index (κ3) is 1.30. The maximum atomic E-state index is 5.71. The van der Waals surface area contributed by atoms with Gasteiger partial charge in [-0.05, 0) is 15.9 Å². The zero-order valence-corrected chi connectivity index (χ0v) is 7.97. The SMILES string of the molecule is Nc1nc(Br)nc2c1CCOC2. The maximum Gasteiger partial charge on any atom is 0.198 e. The summed E-state index contributed by atoms with van der Waals surface area (Å²) < 4.78 is 5.77. The minimum atomic E-state index is 0.532. The predicted molar refractivity (Wildman–Crippen MR) is 47.5 cm³/mol. The molecule has 64 valence electrons. The van der Waals surface area contributed by atoms with Gasteiger partial charge in [-0.1, -0.05) is 0 Å². The standard InChI is InChI=1S/C7H8BrN3O/c8-7-10-5-3-12-2-1-4(5)6(9)11-7/h1-3H2,(H2,9,10,11). The van der Waals surface area contributed by atoms with Crippen LogP contribution in [-0.4, -0.2) is 16.6 Å². The zero-order chi connectivity index (χ0) is 8.55. The largest absolute Gasteiger partial charge is 0.383 e. The number of nitrogen functional groups attached to an aromatic ring is 1. The summed E-state index contributed by atoms with van der Waals surface area (Å²) in [5, 5.41) is 0. The average molecular weight is 230 g/mol. The molecule has 0 fully saturated rings. The zero-order valence-electron chi connectivity index (χ0n) is 6.38. The molecule has 0 unspecified atom stereocenters. The summed E-state index contributed by atoms with van der Waals surface area (Å²) in [5.41, 5.74) is 7.64. The first-order valence-electron chi connectivity index (χ1n) is 3.66. The number of halogens is 1. The molecule has 0 aromatic carbocycles. The van der Waals surface area contributed by atoms with Crippen LogP contribution in [0.3, 0.4) is 0 Å². The highest BCUT2D eigenvalue weighted by molar-refractivity contribution is 9.10. The van der Waals surface area contributed by atoms with Crippen molar-refractivity contribution in [1.29, 1.82) is 0 Å². The van der Waals surface area contributed by atoms with Gasteiger partial charge in [-0.2, -0.15) is 0 Å². The van der Waals surface area contributed by atoms with Gasteiger partial charge in [-0.25, -0.2) is 9.97 Å². The van der Waals surface area contributed by atoms with Gasteiger partial charge < -0.3 is 10.5 Å². The molecule has 0 saturated heterocycles. The Morgan fingerprint density at radius 1 is 1.42 bits per heavy atom. The summed E-state index contributed by atoms with van der Waals surface area (Å²) in [5.74, 6) is 0.565.